The van der Waals surface area contributed by atoms with Crippen molar-refractivity contribution in [3.8, 4) is 0 Å². The van der Waals surface area contributed by atoms with Gasteiger partial charge in [0.15, 0.2) is 0 Å². The van der Waals surface area contributed by atoms with E-state index >= 15 is 0 Å². The van der Waals surface area contributed by atoms with E-state index in [1.807, 2.05) is 0 Å². The van der Waals surface area contributed by atoms with Gasteiger partial charge in [0.1, 0.15) is 12.7 Å². The van der Waals surface area contributed by atoms with E-state index in [1.54, 1.807) is 6.92 Å². The summed E-state index contributed by atoms with van der Waals surface area (Å²) in [6, 6.07) is 0. The molecule has 1 rings (SSSR count). The predicted octanol–water partition coefficient (Wildman–Crippen LogP) is 0.399. The molecule has 0 aromatic carbocycles. The van der Waals surface area contributed by atoms with E-state index in [1.165, 1.54) is 0 Å². The summed E-state index contributed by atoms with van der Waals surface area (Å²) in [7, 11) is 0. The molecule has 2 atom stereocenters. The number of hydrogen-bond acceptors (Lipinski definition) is 3. The van der Waals surface area contributed by atoms with Gasteiger partial charge in [-0.15, -0.1) is 0 Å². The molecule has 0 aromatic heterocycles. The lowest BCUT2D eigenvalue weighted by Gasteiger charge is -2.03. The number of esters is 1. The second-order valence-electron chi connectivity index (χ2n) is 2.49. The van der Waals surface area contributed by atoms with E-state index in [2.05, 4.69) is 6.92 Å². The summed E-state index contributed by atoms with van der Waals surface area (Å²) < 4.78 is 9.64. The van der Waals surface area contributed by atoms with Gasteiger partial charge in [0.2, 0.25) is 0 Å². The number of carbonyl (C=O) groups is 1. The Balaban J connectivity index is 2.05. The average molecular weight is 143 g/mol. The topological polar surface area (TPSA) is 38.8 Å². The van der Waals surface area contributed by atoms with Crippen LogP contribution in [0.3, 0.4) is 0 Å². The summed E-state index contributed by atoms with van der Waals surface area (Å²) in [4.78, 5) is 10.7. The Labute approximate surface area is 60.3 Å². The first-order chi connectivity index (χ1) is 4.70. The van der Waals surface area contributed by atoms with Gasteiger partial charge in [-0.2, -0.15) is 0 Å². The highest BCUT2D eigenvalue weighted by Crippen LogP contribution is 2.09. The summed E-state index contributed by atoms with van der Waals surface area (Å²) in [6.07, 6.45) is 0.155. The smallest absolute Gasteiger partial charge is 0.308 e. The molecule has 1 saturated heterocycles. The molecule has 3 heteroatoms. The van der Waals surface area contributed by atoms with Crippen molar-refractivity contribution in [2.24, 2.45) is 5.92 Å². The molecule has 0 saturated carbocycles. The minimum absolute atomic E-state index is 0.155. The highest BCUT2D eigenvalue weighted by Gasteiger charge is 2.24. The fraction of sp³-hybridized carbons (Fsp3) is 0.714. The van der Waals surface area contributed by atoms with Crippen LogP contribution in [0.15, 0.2) is 0 Å². The van der Waals surface area contributed by atoms with Gasteiger partial charge in [-0.25, -0.2) is 0 Å². The van der Waals surface area contributed by atoms with Crippen molar-refractivity contribution in [2.75, 3.05) is 13.2 Å². The maximum atomic E-state index is 10.7. The maximum Gasteiger partial charge on any atom is 0.308 e. The Morgan fingerprint density at radius 3 is 3.00 bits per heavy atom. The fourth-order valence-electron chi connectivity index (χ4n) is 0.482. The van der Waals surface area contributed by atoms with Gasteiger partial charge >= 0.3 is 5.97 Å². The third-order valence-corrected chi connectivity index (χ3v) is 1.22. The van der Waals surface area contributed by atoms with E-state index in [0.29, 0.717) is 6.61 Å². The van der Waals surface area contributed by atoms with Crippen LogP contribution in [-0.2, 0) is 14.3 Å². The Hall–Kier alpha value is -0.570. The molecular weight excluding hydrogens is 132 g/mol. The molecule has 2 unspecified atom stereocenters. The summed E-state index contributed by atoms with van der Waals surface area (Å²) in [5, 5.41) is 0. The van der Waals surface area contributed by atoms with Crippen molar-refractivity contribution in [1.29, 1.82) is 0 Å². The summed E-state index contributed by atoms with van der Waals surface area (Å²) in [5.74, 6) is -0.533. The molecule has 57 valence electrons. The van der Waals surface area contributed by atoms with Crippen LogP contribution in [0.5, 0.6) is 0 Å². The largest absolute Gasteiger partial charge is 0.463 e. The van der Waals surface area contributed by atoms with Crippen LogP contribution in [0.4, 0.5) is 0 Å². The molecule has 1 aliphatic heterocycles. The van der Waals surface area contributed by atoms with E-state index in [9.17, 15) is 4.79 Å². The Bertz CT molecular complexity index is 127. The van der Waals surface area contributed by atoms with Gasteiger partial charge < -0.3 is 9.47 Å². The predicted molar refractivity (Wildman–Crippen MR) is 35.2 cm³/mol. The van der Waals surface area contributed by atoms with Gasteiger partial charge in [-0.1, -0.05) is 6.92 Å². The number of hydrogen-bond donors (Lipinski definition) is 0. The summed E-state index contributed by atoms with van der Waals surface area (Å²) in [5.41, 5.74) is 0. The van der Waals surface area contributed by atoms with Crippen LogP contribution < -0.4 is 0 Å². The number of epoxide rings is 1. The molecule has 0 bridgehead atoms. The summed E-state index contributed by atoms with van der Waals surface area (Å²) >= 11 is 0. The van der Waals surface area contributed by atoms with Crippen molar-refractivity contribution < 1.29 is 14.3 Å². The van der Waals surface area contributed by atoms with E-state index in [-0.39, 0.29) is 18.0 Å². The molecule has 1 radical (unpaired) electrons. The molecule has 1 aliphatic rings. The first-order valence-corrected chi connectivity index (χ1v) is 3.31. The number of rotatable bonds is 3. The Kier molecular flexibility index (Phi) is 2.27. The highest BCUT2D eigenvalue weighted by atomic mass is 16.6. The fourth-order valence-corrected chi connectivity index (χ4v) is 0.482. The van der Waals surface area contributed by atoms with Crippen molar-refractivity contribution >= 4 is 5.97 Å². The quantitative estimate of drug-likeness (QED) is 0.424. The molecular formula is C7H11O3. The zero-order chi connectivity index (χ0) is 7.56. The Morgan fingerprint density at radius 2 is 2.60 bits per heavy atom. The van der Waals surface area contributed by atoms with Crippen molar-refractivity contribution in [1.82, 2.24) is 0 Å². The van der Waals surface area contributed by atoms with Gasteiger partial charge in [0.25, 0.3) is 0 Å². The van der Waals surface area contributed by atoms with E-state index < -0.39 is 0 Å². The minimum atomic E-state index is -0.279. The second-order valence-corrected chi connectivity index (χ2v) is 2.49. The van der Waals surface area contributed by atoms with Crippen LogP contribution in [-0.4, -0.2) is 25.3 Å². The Morgan fingerprint density at radius 1 is 2.00 bits per heavy atom. The van der Waals surface area contributed by atoms with Crippen molar-refractivity contribution in [3.05, 3.63) is 6.92 Å². The van der Waals surface area contributed by atoms with E-state index in [4.69, 9.17) is 9.47 Å². The van der Waals surface area contributed by atoms with Crippen molar-refractivity contribution in [3.63, 3.8) is 0 Å². The lowest BCUT2D eigenvalue weighted by molar-refractivity contribution is -0.146. The van der Waals surface area contributed by atoms with Crippen LogP contribution in [0.2, 0.25) is 0 Å². The third-order valence-electron chi connectivity index (χ3n) is 1.22. The molecule has 0 spiro atoms. The van der Waals surface area contributed by atoms with E-state index in [0.717, 1.165) is 6.61 Å². The first-order valence-electron chi connectivity index (χ1n) is 3.31. The molecule has 3 nitrogen and oxygen atoms in total. The van der Waals surface area contributed by atoms with Gasteiger partial charge in [-0.3, -0.25) is 4.79 Å². The first kappa shape index (κ1) is 7.54. The molecule has 0 N–H and O–H groups in total. The van der Waals surface area contributed by atoms with Crippen molar-refractivity contribution in [2.45, 2.75) is 13.0 Å². The zero-order valence-electron chi connectivity index (χ0n) is 6.00. The molecule has 10 heavy (non-hydrogen) atoms. The van der Waals surface area contributed by atoms with Crippen LogP contribution in [0.1, 0.15) is 6.92 Å². The third kappa shape index (κ3) is 2.35. The van der Waals surface area contributed by atoms with Crippen LogP contribution >= 0.6 is 0 Å². The molecule has 0 aromatic rings. The average Bonchev–Trinajstić information content (AvgIpc) is 2.64. The monoisotopic (exact) mass is 143 g/mol. The second kappa shape index (κ2) is 3.01. The normalized spacial score (nSPS) is 22.9. The molecule has 0 aliphatic carbocycles. The number of ether oxygens (including phenoxy) is 2. The standard InChI is InChI=1S/C7H11O3/c1-5(2)7(8)10-4-6-3-9-6/h5-6H,1,3-4H2,2H3. The maximum absolute atomic E-state index is 10.7. The lowest BCUT2D eigenvalue weighted by Crippen LogP contribution is -2.14. The highest BCUT2D eigenvalue weighted by molar-refractivity contribution is 5.72. The molecule has 1 heterocycles. The molecule has 0 amide bonds. The number of carbonyl (C=O) groups excluding carboxylic acids is 1. The minimum Gasteiger partial charge on any atom is -0.463 e. The zero-order valence-corrected chi connectivity index (χ0v) is 6.00. The van der Waals surface area contributed by atoms with Crippen LogP contribution in [0.25, 0.3) is 0 Å². The SMILES string of the molecule is [CH2]C(C)C(=O)OCC1CO1. The molecule has 1 fully saturated rings. The van der Waals surface area contributed by atoms with Gasteiger partial charge in [0, 0.05) is 0 Å². The van der Waals surface area contributed by atoms with Gasteiger partial charge in [-0.05, 0) is 6.92 Å². The van der Waals surface area contributed by atoms with Gasteiger partial charge in [0.05, 0.1) is 12.5 Å². The lowest BCUT2D eigenvalue weighted by atomic mass is 10.2. The van der Waals surface area contributed by atoms with Crippen LogP contribution in [0, 0.1) is 12.8 Å². The summed E-state index contributed by atoms with van der Waals surface area (Å²) in [6.45, 7) is 6.33.